The molecular formula is C14H15FN2O4. The second kappa shape index (κ2) is 7.78. The van der Waals surface area contributed by atoms with E-state index in [1.807, 2.05) is 0 Å². The highest BCUT2D eigenvalue weighted by Gasteiger charge is 2.09. The van der Waals surface area contributed by atoms with E-state index in [4.69, 9.17) is 5.11 Å². The van der Waals surface area contributed by atoms with Gasteiger partial charge in [0.2, 0.25) is 5.91 Å². The molecule has 2 amide bonds. The van der Waals surface area contributed by atoms with Gasteiger partial charge in [-0.15, -0.1) is 0 Å². The first-order valence-corrected chi connectivity index (χ1v) is 6.13. The summed E-state index contributed by atoms with van der Waals surface area (Å²) in [4.78, 5) is 33.1. The number of carboxylic acids is 1. The molecule has 21 heavy (non-hydrogen) atoms. The summed E-state index contributed by atoms with van der Waals surface area (Å²) in [6.07, 6.45) is 2.04. The van der Waals surface area contributed by atoms with E-state index in [9.17, 15) is 18.8 Å². The third-order valence-electron chi connectivity index (χ3n) is 2.58. The summed E-state index contributed by atoms with van der Waals surface area (Å²) in [7, 11) is 1.49. The van der Waals surface area contributed by atoms with Crippen LogP contribution in [0.1, 0.15) is 22.3 Å². The van der Waals surface area contributed by atoms with Crippen LogP contribution in [-0.4, -0.2) is 36.5 Å². The fourth-order valence-corrected chi connectivity index (χ4v) is 1.48. The molecule has 0 unspecified atom stereocenters. The molecular weight excluding hydrogens is 279 g/mol. The third-order valence-corrected chi connectivity index (χ3v) is 2.58. The monoisotopic (exact) mass is 294 g/mol. The van der Waals surface area contributed by atoms with Gasteiger partial charge >= 0.3 is 5.97 Å². The molecule has 1 aromatic rings. The molecule has 1 rings (SSSR count). The topological polar surface area (TPSA) is 95.5 Å². The molecule has 7 heteroatoms. The maximum atomic E-state index is 13.7. The van der Waals surface area contributed by atoms with E-state index in [1.165, 1.54) is 19.2 Å². The maximum Gasteiger partial charge on any atom is 0.328 e. The lowest BCUT2D eigenvalue weighted by atomic mass is 10.1. The molecule has 6 nitrogen and oxygen atoms in total. The van der Waals surface area contributed by atoms with Gasteiger partial charge in [0, 0.05) is 37.2 Å². The van der Waals surface area contributed by atoms with Crippen LogP contribution in [0.3, 0.4) is 0 Å². The minimum absolute atomic E-state index is 0.0688. The molecule has 1 aromatic carbocycles. The van der Waals surface area contributed by atoms with Gasteiger partial charge in [0.15, 0.2) is 0 Å². The molecule has 0 heterocycles. The van der Waals surface area contributed by atoms with E-state index >= 15 is 0 Å². The Bertz CT molecular complexity index is 584. The van der Waals surface area contributed by atoms with Gasteiger partial charge in [0.25, 0.3) is 5.91 Å². The Hall–Kier alpha value is -2.70. The van der Waals surface area contributed by atoms with Crippen LogP contribution in [0.5, 0.6) is 0 Å². The van der Waals surface area contributed by atoms with E-state index in [1.54, 1.807) is 0 Å². The number of halogens is 1. The predicted octanol–water partition coefficient (Wildman–Crippen LogP) is 0.789. The highest BCUT2D eigenvalue weighted by molar-refractivity contribution is 5.94. The van der Waals surface area contributed by atoms with Crippen molar-refractivity contribution in [3.05, 3.63) is 41.2 Å². The Morgan fingerprint density at radius 2 is 2.05 bits per heavy atom. The van der Waals surface area contributed by atoms with Gasteiger partial charge in [0.05, 0.1) is 0 Å². The zero-order valence-corrected chi connectivity index (χ0v) is 11.4. The molecule has 0 spiro atoms. The second-order valence-corrected chi connectivity index (χ2v) is 4.09. The minimum atomic E-state index is -1.19. The van der Waals surface area contributed by atoms with Gasteiger partial charge in [-0.1, -0.05) is 6.07 Å². The number of aliphatic carboxylic acids is 1. The van der Waals surface area contributed by atoms with Crippen LogP contribution in [0.25, 0.3) is 6.08 Å². The summed E-state index contributed by atoms with van der Waals surface area (Å²) in [5, 5.41) is 13.4. The number of carbonyl (C=O) groups is 3. The minimum Gasteiger partial charge on any atom is -0.478 e. The van der Waals surface area contributed by atoms with Gasteiger partial charge in [-0.2, -0.15) is 0 Å². The molecule has 0 radical (unpaired) electrons. The molecule has 0 saturated heterocycles. The fourth-order valence-electron chi connectivity index (χ4n) is 1.48. The van der Waals surface area contributed by atoms with Crippen molar-refractivity contribution in [1.82, 2.24) is 10.6 Å². The Kier molecular flexibility index (Phi) is 6.06. The van der Waals surface area contributed by atoms with Crippen molar-refractivity contribution < 1.29 is 23.9 Å². The van der Waals surface area contributed by atoms with E-state index in [-0.39, 0.29) is 30.0 Å². The number of carboxylic acid groups (broad SMARTS) is 1. The zero-order chi connectivity index (χ0) is 15.8. The smallest absolute Gasteiger partial charge is 0.328 e. The quantitative estimate of drug-likeness (QED) is 0.676. The summed E-state index contributed by atoms with van der Waals surface area (Å²) in [5.74, 6) is -2.61. The molecule has 0 fully saturated rings. The van der Waals surface area contributed by atoms with Crippen molar-refractivity contribution in [1.29, 1.82) is 0 Å². The van der Waals surface area contributed by atoms with Gasteiger partial charge in [-0.3, -0.25) is 9.59 Å². The molecule has 0 aromatic heterocycles. The van der Waals surface area contributed by atoms with Crippen molar-refractivity contribution in [3.63, 3.8) is 0 Å². The Morgan fingerprint density at radius 3 is 2.62 bits per heavy atom. The van der Waals surface area contributed by atoms with Crippen molar-refractivity contribution in [2.24, 2.45) is 0 Å². The van der Waals surface area contributed by atoms with Crippen LogP contribution in [0.2, 0.25) is 0 Å². The molecule has 0 bridgehead atoms. The summed E-state index contributed by atoms with van der Waals surface area (Å²) < 4.78 is 13.7. The van der Waals surface area contributed by atoms with Crippen LogP contribution >= 0.6 is 0 Å². The number of amides is 2. The molecule has 0 aliphatic rings. The van der Waals surface area contributed by atoms with Gasteiger partial charge in [-0.25, -0.2) is 9.18 Å². The number of hydrogen-bond acceptors (Lipinski definition) is 3. The molecule has 112 valence electrons. The molecule has 0 aliphatic carbocycles. The average molecular weight is 294 g/mol. The highest BCUT2D eigenvalue weighted by Crippen LogP contribution is 2.12. The molecule has 0 atom stereocenters. The third kappa shape index (κ3) is 5.43. The fraction of sp³-hybridized carbons (Fsp3) is 0.214. The van der Waals surface area contributed by atoms with Gasteiger partial charge < -0.3 is 15.7 Å². The number of hydrogen-bond donors (Lipinski definition) is 3. The molecule has 0 saturated carbocycles. The Morgan fingerprint density at radius 1 is 1.33 bits per heavy atom. The Balaban J connectivity index is 2.68. The zero-order valence-electron chi connectivity index (χ0n) is 11.4. The van der Waals surface area contributed by atoms with E-state index < -0.39 is 17.7 Å². The Labute approximate surface area is 120 Å². The normalized spacial score (nSPS) is 10.4. The van der Waals surface area contributed by atoms with Crippen LogP contribution < -0.4 is 10.6 Å². The summed E-state index contributed by atoms with van der Waals surface area (Å²) in [6, 6.07) is 3.69. The first-order valence-electron chi connectivity index (χ1n) is 6.13. The van der Waals surface area contributed by atoms with Gasteiger partial charge in [-0.05, 0) is 18.2 Å². The average Bonchev–Trinajstić information content (AvgIpc) is 2.45. The number of benzene rings is 1. The van der Waals surface area contributed by atoms with Crippen LogP contribution in [-0.2, 0) is 9.59 Å². The van der Waals surface area contributed by atoms with Gasteiger partial charge in [0.1, 0.15) is 5.82 Å². The lowest BCUT2D eigenvalue weighted by Gasteiger charge is -2.06. The maximum absolute atomic E-state index is 13.7. The summed E-state index contributed by atoms with van der Waals surface area (Å²) in [5.41, 5.74) is 0.163. The standard InChI is InChI=1S/C14H15FN2O4/c1-16-12(18)6-7-17-14(21)10-3-2-9(11(15)8-10)4-5-13(19)20/h2-5,8H,6-7H2,1H3,(H,16,18)(H,17,21)(H,19,20). The predicted molar refractivity (Wildman–Crippen MR) is 74.1 cm³/mol. The summed E-state index contributed by atoms with van der Waals surface area (Å²) >= 11 is 0. The second-order valence-electron chi connectivity index (χ2n) is 4.09. The van der Waals surface area contributed by atoms with E-state index in [2.05, 4.69) is 10.6 Å². The first kappa shape index (κ1) is 16.4. The van der Waals surface area contributed by atoms with Crippen LogP contribution in [0.4, 0.5) is 4.39 Å². The first-order chi connectivity index (χ1) is 9.93. The lowest BCUT2D eigenvalue weighted by molar-refractivity contribution is -0.131. The van der Waals surface area contributed by atoms with Crippen molar-refractivity contribution >= 4 is 23.9 Å². The van der Waals surface area contributed by atoms with Crippen LogP contribution in [0.15, 0.2) is 24.3 Å². The highest BCUT2D eigenvalue weighted by atomic mass is 19.1. The summed E-state index contributed by atoms with van der Waals surface area (Å²) in [6.45, 7) is 0.140. The number of carbonyl (C=O) groups excluding carboxylic acids is 2. The molecule has 3 N–H and O–H groups in total. The van der Waals surface area contributed by atoms with E-state index in [0.29, 0.717) is 0 Å². The van der Waals surface area contributed by atoms with Crippen molar-refractivity contribution in [3.8, 4) is 0 Å². The van der Waals surface area contributed by atoms with Crippen molar-refractivity contribution in [2.45, 2.75) is 6.42 Å². The molecule has 0 aliphatic heterocycles. The van der Waals surface area contributed by atoms with E-state index in [0.717, 1.165) is 18.2 Å². The SMILES string of the molecule is CNC(=O)CCNC(=O)c1ccc(C=CC(=O)O)c(F)c1. The van der Waals surface area contributed by atoms with Crippen LogP contribution in [0, 0.1) is 5.82 Å². The lowest BCUT2D eigenvalue weighted by Crippen LogP contribution is -2.29. The largest absolute Gasteiger partial charge is 0.478 e. The number of nitrogens with one attached hydrogen (secondary N) is 2. The number of rotatable bonds is 6. The van der Waals surface area contributed by atoms with Crippen molar-refractivity contribution in [2.75, 3.05) is 13.6 Å².